The molecule has 2 rings (SSSR count). The van der Waals surface area contributed by atoms with Gasteiger partial charge in [-0.15, -0.1) is 10.2 Å². The zero-order valence-electron chi connectivity index (χ0n) is 10.1. The summed E-state index contributed by atoms with van der Waals surface area (Å²) in [6, 6.07) is 8.24. The number of hydrogen-bond donors (Lipinski definition) is 1. The maximum absolute atomic E-state index is 11.9. The van der Waals surface area contributed by atoms with Crippen LogP contribution < -0.4 is 10.1 Å². The molecule has 0 aliphatic rings. The van der Waals surface area contributed by atoms with Gasteiger partial charge in [-0.05, 0) is 18.2 Å². The summed E-state index contributed by atoms with van der Waals surface area (Å²) in [7, 11) is 1.50. The molecule has 0 saturated heterocycles. The first-order valence-corrected chi connectivity index (χ1v) is 5.84. The SMILES string of the molecule is COc1cccc(C(=O)CNc2ccc(Cl)nn2)n1. The summed E-state index contributed by atoms with van der Waals surface area (Å²) in [5.41, 5.74) is 0.328. The second kappa shape index (κ2) is 6.10. The third-order valence-electron chi connectivity index (χ3n) is 2.28. The second-order valence-corrected chi connectivity index (χ2v) is 3.97. The number of aromatic nitrogens is 3. The van der Waals surface area contributed by atoms with E-state index in [4.69, 9.17) is 16.3 Å². The molecule has 1 N–H and O–H groups in total. The van der Waals surface area contributed by atoms with Gasteiger partial charge >= 0.3 is 0 Å². The highest BCUT2D eigenvalue weighted by molar-refractivity contribution is 6.29. The minimum absolute atomic E-state index is 0.0660. The van der Waals surface area contributed by atoms with Gasteiger partial charge in [0.2, 0.25) is 5.88 Å². The Bertz CT molecular complexity index is 574. The molecule has 19 heavy (non-hydrogen) atoms. The van der Waals surface area contributed by atoms with Crippen LogP contribution in [0.5, 0.6) is 5.88 Å². The predicted octanol–water partition coefficient (Wildman–Crippen LogP) is 1.83. The largest absolute Gasteiger partial charge is 0.481 e. The zero-order chi connectivity index (χ0) is 13.7. The van der Waals surface area contributed by atoms with Gasteiger partial charge in [0, 0.05) is 6.07 Å². The average Bonchev–Trinajstić information content (AvgIpc) is 2.46. The fraction of sp³-hybridized carbons (Fsp3) is 0.167. The summed E-state index contributed by atoms with van der Waals surface area (Å²) in [4.78, 5) is 15.9. The lowest BCUT2D eigenvalue weighted by atomic mass is 10.2. The molecule has 0 aliphatic heterocycles. The van der Waals surface area contributed by atoms with Gasteiger partial charge in [0.25, 0.3) is 0 Å². The number of ether oxygens (including phenoxy) is 1. The third kappa shape index (κ3) is 3.62. The van der Waals surface area contributed by atoms with Gasteiger partial charge in [0.1, 0.15) is 11.5 Å². The van der Waals surface area contributed by atoms with Crippen molar-refractivity contribution in [2.45, 2.75) is 0 Å². The Kier molecular flexibility index (Phi) is 4.25. The van der Waals surface area contributed by atoms with Gasteiger partial charge in [-0.1, -0.05) is 17.7 Å². The average molecular weight is 279 g/mol. The van der Waals surface area contributed by atoms with E-state index < -0.39 is 0 Å². The van der Waals surface area contributed by atoms with Crippen LogP contribution in [0.1, 0.15) is 10.5 Å². The molecule has 98 valence electrons. The molecular formula is C12H11ClN4O2. The molecule has 2 heterocycles. The molecule has 0 saturated carbocycles. The number of Topliss-reactive ketones (excluding diaryl/α,β-unsaturated/α-hetero) is 1. The predicted molar refractivity (Wildman–Crippen MR) is 70.7 cm³/mol. The van der Waals surface area contributed by atoms with E-state index >= 15 is 0 Å². The number of carbonyl (C=O) groups excluding carboxylic acids is 1. The first kappa shape index (κ1) is 13.2. The summed E-state index contributed by atoms with van der Waals surface area (Å²) in [6.45, 7) is 0.0660. The number of anilines is 1. The normalized spacial score (nSPS) is 10.0. The zero-order valence-corrected chi connectivity index (χ0v) is 10.9. The van der Waals surface area contributed by atoms with E-state index in [0.717, 1.165) is 0 Å². The summed E-state index contributed by atoms with van der Waals surface area (Å²) in [6.07, 6.45) is 0. The molecular weight excluding hydrogens is 268 g/mol. The molecule has 0 amide bonds. The lowest BCUT2D eigenvalue weighted by molar-refractivity contribution is 0.100. The topological polar surface area (TPSA) is 77.0 Å². The summed E-state index contributed by atoms with van der Waals surface area (Å²) in [5, 5.41) is 10.6. The van der Waals surface area contributed by atoms with E-state index in [2.05, 4.69) is 20.5 Å². The Morgan fingerprint density at radius 1 is 1.32 bits per heavy atom. The van der Waals surface area contributed by atoms with Crippen molar-refractivity contribution in [2.24, 2.45) is 0 Å². The summed E-state index contributed by atoms with van der Waals surface area (Å²) < 4.78 is 4.96. The highest BCUT2D eigenvalue weighted by Crippen LogP contribution is 2.09. The van der Waals surface area contributed by atoms with Crippen molar-refractivity contribution in [3.05, 3.63) is 41.2 Å². The Morgan fingerprint density at radius 2 is 2.16 bits per heavy atom. The maximum Gasteiger partial charge on any atom is 0.213 e. The van der Waals surface area contributed by atoms with Gasteiger partial charge in [0.15, 0.2) is 10.9 Å². The van der Waals surface area contributed by atoms with Crippen LogP contribution in [-0.2, 0) is 0 Å². The summed E-state index contributed by atoms with van der Waals surface area (Å²) >= 11 is 5.61. The van der Waals surface area contributed by atoms with Gasteiger partial charge in [-0.2, -0.15) is 0 Å². The molecule has 0 spiro atoms. The molecule has 2 aromatic heterocycles. The van der Waals surface area contributed by atoms with E-state index in [1.807, 2.05) is 0 Å². The third-order valence-corrected chi connectivity index (χ3v) is 2.48. The minimum Gasteiger partial charge on any atom is -0.481 e. The molecule has 2 aromatic rings. The van der Waals surface area contributed by atoms with Gasteiger partial charge < -0.3 is 10.1 Å². The number of halogens is 1. The number of ketones is 1. The van der Waals surface area contributed by atoms with Crippen LogP contribution >= 0.6 is 11.6 Å². The highest BCUT2D eigenvalue weighted by atomic mass is 35.5. The molecule has 0 atom stereocenters. The van der Waals surface area contributed by atoms with Crippen molar-refractivity contribution >= 4 is 23.2 Å². The van der Waals surface area contributed by atoms with E-state index in [1.54, 1.807) is 30.3 Å². The molecule has 6 nitrogen and oxygen atoms in total. The van der Waals surface area contributed by atoms with Crippen LogP contribution in [0.15, 0.2) is 30.3 Å². The minimum atomic E-state index is -0.171. The molecule has 0 radical (unpaired) electrons. The van der Waals surface area contributed by atoms with Crippen LogP contribution in [0.3, 0.4) is 0 Å². The van der Waals surface area contributed by atoms with Crippen LogP contribution in [0.4, 0.5) is 5.82 Å². The Balaban J connectivity index is 1.99. The fourth-order valence-electron chi connectivity index (χ4n) is 1.36. The van der Waals surface area contributed by atoms with Crippen molar-refractivity contribution in [2.75, 3.05) is 19.0 Å². The van der Waals surface area contributed by atoms with E-state index in [9.17, 15) is 4.79 Å². The number of nitrogens with zero attached hydrogens (tertiary/aromatic N) is 3. The molecule has 0 aliphatic carbocycles. The van der Waals surface area contributed by atoms with E-state index in [1.165, 1.54) is 7.11 Å². The quantitative estimate of drug-likeness (QED) is 0.841. The Hall–Kier alpha value is -2.21. The Morgan fingerprint density at radius 3 is 2.84 bits per heavy atom. The molecule has 0 aromatic carbocycles. The number of hydrogen-bond acceptors (Lipinski definition) is 6. The van der Waals surface area contributed by atoms with E-state index in [-0.39, 0.29) is 12.3 Å². The van der Waals surface area contributed by atoms with Crippen molar-refractivity contribution < 1.29 is 9.53 Å². The lowest BCUT2D eigenvalue weighted by Crippen LogP contribution is -2.16. The van der Waals surface area contributed by atoms with Crippen molar-refractivity contribution in [3.63, 3.8) is 0 Å². The molecule has 0 bridgehead atoms. The first-order valence-electron chi connectivity index (χ1n) is 5.46. The highest BCUT2D eigenvalue weighted by Gasteiger charge is 2.08. The van der Waals surface area contributed by atoms with Crippen LogP contribution in [0, 0.1) is 0 Å². The number of carbonyl (C=O) groups is 1. The van der Waals surface area contributed by atoms with Gasteiger partial charge in [-0.25, -0.2) is 4.98 Å². The lowest BCUT2D eigenvalue weighted by Gasteiger charge is -2.05. The number of pyridine rings is 1. The number of methoxy groups -OCH3 is 1. The molecule has 7 heteroatoms. The standard InChI is InChI=1S/C12H11ClN4O2/c1-19-12-4-2-3-8(15-12)9(18)7-14-11-6-5-10(13)16-17-11/h2-6H,7H2,1H3,(H,14,17). The van der Waals surface area contributed by atoms with Crippen LogP contribution in [0.2, 0.25) is 5.15 Å². The maximum atomic E-state index is 11.9. The van der Waals surface area contributed by atoms with Crippen molar-refractivity contribution in [3.8, 4) is 5.88 Å². The molecule has 0 unspecified atom stereocenters. The smallest absolute Gasteiger partial charge is 0.213 e. The number of nitrogens with one attached hydrogen (secondary N) is 1. The fourth-order valence-corrected chi connectivity index (χ4v) is 1.46. The second-order valence-electron chi connectivity index (χ2n) is 3.58. The van der Waals surface area contributed by atoms with Gasteiger partial charge in [-0.3, -0.25) is 4.79 Å². The Labute approximate surface area is 114 Å². The van der Waals surface area contributed by atoms with Crippen LogP contribution in [0.25, 0.3) is 0 Å². The van der Waals surface area contributed by atoms with Crippen molar-refractivity contribution in [1.29, 1.82) is 0 Å². The van der Waals surface area contributed by atoms with Gasteiger partial charge in [0.05, 0.1) is 13.7 Å². The monoisotopic (exact) mass is 278 g/mol. The first-order chi connectivity index (χ1) is 9.19. The summed E-state index contributed by atoms with van der Waals surface area (Å²) in [5.74, 6) is 0.702. The number of rotatable bonds is 5. The molecule has 0 fully saturated rings. The van der Waals surface area contributed by atoms with Crippen LogP contribution in [-0.4, -0.2) is 34.6 Å². The van der Waals surface area contributed by atoms with E-state index in [0.29, 0.717) is 22.5 Å². The van der Waals surface area contributed by atoms with Crippen molar-refractivity contribution in [1.82, 2.24) is 15.2 Å².